The lowest BCUT2D eigenvalue weighted by Gasteiger charge is -2.10. The van der Waals surface area contributed by atoms with Crippen LogP contribution in [0.3, 0.4) is 0 Å². The molecule has 6 heteroatoms. The summed E-state index contributed by atoms with van der Waals surface area (Å²) in [6, 6.07) is 8.53. The fourth-order valence-electron chi connectivity index (χ4n) is 1.90. The Kier molecular flexibility index (Phi) is 5.04. The summed E-state index contributed by atoms with van der Waals surface area (Å²) >= 11 is 11.9. The number of aromatic nitrogens is 1. The second-order valence-corrected chi connectivity index (χ2v) is 5.41. The molecule has 110 valence electrons. The number of nitrogens with zero attached hydrogens (tertiary/aromatic N) is 1. The number of nitrogens with one attached hydrogen (secondary N) is 1. The molecule has 0 aliphatic rings. The van der Waals surface area contributed by atoms with Gasteiger partial charge in [-0.3, -0.25) is 0 Å². The van der Waals surface area contributed by atoms with Gasteiger partial charge in [0.2, 0.25) is 0 Å². The minimum atomic E-state index is -1.01. The van der Waals surface area contributed by atoms with Crippen molar-refractivity contribution in [3.63, 3.8) is 0 Å². The highest BCUT2D eigenvalue weighted by molar-refractivity contribution is 6.35. The summed E-state index contributed by atoms with van der Waals surface area (Å²) in [7, 11) is 0. The first kappa shape index (κ1) is 15.6. The highest BCUT2D eigenvalue weighted by Gasteiger charge is 2.11. The summed E-state index contributed by atoms with van der Waals surface area (Å²) in [5.41, 5.74) is 1.85. The second-order valence-electron chi connectivity index (χ2n) is 4.57. The SMILES string of the molecule is Cc1ccc(C(=O)O)c(NCCc2ccc(Cl)cc2Cl)n1. The normalized spacial score (nSPS) is 10.4. The van der Waals surface area contributed by atoms with Crippen LogP contribution in [0.1, 0.15) is 21.6 Å². The number of halogens is 2. The largest absolute Gasteiger partial charge is 0.478 e. The topological polar surface area (TPSA) is 62.2 Å². The Hall–Kier alpha value is -1.78. The van der Waals surface area contributed by atoms with E-state index in [0.717, 1.165) is 11.3 Å². The molecule has 0 saturated heterocycles. The fraction of sp³-hybridized carbons (Fsp3) is 0.200. The maximum atomic E-state index is 11.1. The van der Waals surface area contributed by atoms with Crippen LogP contribution in [0.25, 0.3) is 0 Å². The predicted molar refractivity (Wildman–Crippen MR) is 84.6 cm³/mol. The van der Waals surface area contributed by atoms with Crippen molar-refractivity contribution in [2.24, 2.45) is 0 Å². The van der Waals surface area contributed by atoms with Gasteiger partial charge in [-0.15, -0.1) is 0 Å². The minimum absolute atomic E-state index is 0.155. The van der Waals surface area contributed by atoms with Crippen LogP contribution < -0.4 is 5.32 Å². The van der Waals surface area contributed by atoms with Gasteiger partial charge in [0.15, 0.2) is 0 Å². The van der Waals surface area contributed by atoms with E-state index in [1.165, 1.54) is 0 Å². The third kappa shape index (κ3) is 4.09. The van der Waals surface area contributed by atoms with Gasteiger partial charge in [0, 0.05) is 22.3 Å². The van der Waals surface area contributed by atoms with E-state index in [0.29, 0.717) is 28.8 Å². The van der Waals surface area contributed by atoms with E-state index >= 15 is 0 Å². The fourth-order valence-corrected chi connectivity index (χ4v) is 2.41. The summed E-state index contributed by atoms with van der Waals surface area (Å²) in [4.78, 5) is 15.4. The molecule has 1 heterocycles. The molecule has 21 heavy (non-hydrogen) atoms. The number of pyridine rings is 1. The third-order valence-corrected chi connectivity index (χ3v) is 3.55. The zero-order chi connectivity index (χ0) is 15.4. The van der Waals surface area contributed by atoms with E-state index in [2.05, 4.69) is 10.3 Å². The molecule has 2 N–H and O–H groups in total. The van der Waals surface area contributed by atoms with E-state index in [-0.39, 0.29) is 5.56 Å². The van der Waals surface area contributed by atoms with Crippen molar-refractivity contribution in [1.29, 1.82) is 0 Å². The van der Waals surface area contributed by atoms with Gasteiger partial charge in [-0.25, -0.2) is 9.78 Å². The van der Waals surface area contributed by atoms with Crippen LogP contribution >= 0.6 is 23.2 Å². The number of carboxylic acid groups (broad SMARTS) is 1. The first-order valence-electron chi connectivity index (χ1n) is 6.36. The van der Waals surface area contributed by atoms with Gasteiger partial charge >= 0.3 is 5.97 Å². The monoisotopic (exact) mass is 324 g/mol. The van der Waals surface area contributed by atoms with Crippen molar-refractivity contribution in [3.8, 4) is 0 Å². The van der Waals surface area contributed by atoms with E-state index < -0.39 is 5.97 Å². The molecule has 0 radical (unpaired) electrons. The van der Waals surface area contributed by atoms with Gasteiger partial charge in [0.1, 0.15) is 11.4 Å². The van der Waals surface area contributed by atoms with Gasteiger partial charge in [0.25, 0.3) is 0 Å². The van der Waals surface area contributed by atoms with E-state index in [1.54, 1.807) is 24.3 Å². The molecule has 0 bridgehead atoms. The summed E-state index contributed by atoms with van der Waals surface area (Å²) in [5.74, 6) is -0.637. The third-order valence-electron chi connectivity index (χ3n) is 2.97. The molecular weight excluding hydrogens is 311 g/mol. The number of carbonyl (C=O) groups is 1. The lowest BCUT2D eigenvalue weighted by atomic mass is 10.1. The van der Waals surface area contributed by atoms with E-state index in [9.17, 15) is 4.79 Å². The van der Waals surface area contributed by atoms with E-state index in [1.807, 2.05) is 13.0 Å². The predicted octanol–water partition coefficient (Wildman–Crippen LogP) is 4.05. The number of anilines is 1. The summed E-state index contributed by atoms with van der Waals surface area (Å²) in [6.45, 7) is 2.34. The highest BCUT2D eigenvalue weighted by Crippen LogP contribution is 2.21. The van der Waals surface area contributed by atoms with Gasteiger partial charge in [-0.1, -0.05) is 29.3 Å². The Bertz CT molecular complexity index is 675. The average molecular weight is 325 g/mol. The summed E-state index contributed by atoms with van der Waals surface area (Å²) in [6.07, 6.45) is 0.644. The minimum Gasteiger partial charge on any atom is -0.478 e. The molecule has 0 aliphatic carbocycles. The van der Waals surface area contributed by atoms with Crippen molar-refractivity contribution >= 4 is 35.0 Å². The lowest BCUT2D eigenvalue weighted by Crippen LogP contribution is -2.12. The zero-order valence-electron chi connectivity index (χ0n) is 11.4. The van der Waals surface area contributed by atoms with Crippen LogP contribution in [0.5, 0.6) is 0 Å². The van der Waals surface area contributed by atoms with Gasteiger partial charge in [-0.2, -0.15) is 0 Å². The number of aryl methyl sites for hydroxylation is 1. The molecule has 0 amide bonds. The Morgan fingerprint density at radius 2 is 2.05 bits per heavy atom. The number of carboxylic acids is 1. The molecule has 0 unspecified atom stereocenters. The van der Waals surface area contributed by atoms with Crippen molar-refractivity contribution in [3.05, 3.63) is 57.2 Å². The van der Waals surface area contributed by atoms with Gasteiger partial charge < -0.3 is 10.4 Å². The smallest absolute Gasteiger partial charge is 0.339 e. The number of aromatic carboxylic acids is 1. The molecule has 4 nitrogen and oxygen atoms in total. The molecule has 0 spiro atoms. The molecule has 0 saturated carbocycles. The standard InChI is InChI=1S/C15H14Cl2N2O2/c1-9-2-5-12(15(20)21)14(19-9)18-7-6-10-3-4-11(16)8-13(10)17/h2-5,8H,6-7H2,1H3,(H,18,19)(H,20,21). The zero-order valence-corrected chi connectivity index (χ0v) is 12.9. The average Bonchev–Trinajstić information content (AvgIpc) is 2.41. The first-order chi connectivity index (χ1) is 9.97. The van der Waals surface area contributed by atoms with Crippen molar-refractivity contribution < 1.29 is 9.90 Å². The molecular formula is C15H14Cl2N2O2. The number of hydrogen-bond donors (Lipinski definition) is 2. The first-order valence-corrected chi connectivity index (χ1v) is 7.11. The number of benzene rings is 1. The van der Waals surface area contributed by atoms with Gasteiger partial charge in [-0.05, 0) is 43.2 Å². The Labute approximate surface area is 132 Å². The Morgan fingerprint density at radius 1 is 1.29 bits per heavy atom. The Balaban J connectivity index is 2.06. The molecule has 2 rings (SSSR count). The summed E-state index contributed by atoms with van der Waals surface area (Å²) in [5, 5.41) is 13.4. The quantitative estimate of drug-likeness (QED) is 0.870. The maximum Gasteiger partial charge on any atom is 0.339 e. The van der Waals surface area contributed by atoms with Crippen molar-refractivity contribution in [1.82, 2.24) is 4.98 Å². The molecule has 0 fully saturated rings. The Morgan fingerprint density at radius 3 is 2.71 bits per heavy atom. The van der Waals surface area contributed by atoms with Crippen LogP contribution in [0.4, 0.5) is 5.82 Å². The molecule has 1 aromatic carbocycles. The van der Waals surface area contributed by atoms with Crippen LogP contribution in [0, 0.1) is 6.92 Å². The summed E-state index contributed by atoms with van der Waals surface area (Å²) < 4.78 is 0. The number of hydrogen-bond acceptors (Lipinski definition) is 3. The maximum absolute atomic E-state index is 11.1. The van der Waals surface area contributed by atoms with Crippen molar-refractivity contribution in [2.75, 3.05) is 11.9 Å². The molecule has 1 aromatic heterocycles. The van der Waals surface area contributed by atoms with Crippen LogP contribution in [-0.2, 0) is 6.42 Å². The van der Waals surface area contributed by atoms with Gasteiger partial charge in [0.05, 0.1) is 0 Å². The second kappa shape index (κ2) is 6.78. The lowest BCUT2D eigenvalue weighted by molar-refractivity contribution is 0.0697. The van der Waals surface area contributed by atoms with Crippen LogP contribution in [0.2, 0.25) is 10.0 Å². The van der Waals surface area contributed by atoms with Crippen LogP contribution in [0.15, 0.2) is 30.3 Å². The van der Waals surface area contributed by atoms with Crippen LogP contribution in [-0.4, -0.2) is 22.6 Å². The van der Waals surface area contributed by atoms with Crippen molar-refractivity contribution in [2.45, 2.75) is 13.3 Å². The molecule has 0 aliphatic heterocycles. The van der Waals surface area contributed by atoms with E-state index in [4.69, 9.17) is 28.3 Å². The molecule has 0 atom stereocenters. The number of rotatable bonds is 5. The molecule has 2 aromatic rings. The highest BCUT2D eigenvalue weighted by atomic mass is 35.5.